The largest absolute Gasteiger partial charge is 0.441 e. The van der Waals surface area contributed by atoms with E-state index in [1.54, 1.807) is 0 Å². The molecule has 26 heavy (non-hydrogen) atoms. The molecule has 130 valence electrons. The van der Waals surface area contributed by atoms with Crippen molar-refractivity contribution in [1.82, 2.24) is 20.0 Å². The van der Waals surface area contributed by atoms with E-state index in [4.69, 9.17) is 9.40 Å². The maximum atomic E-state index is 6.17. The molecule has 0 bridgehead atoms. The van der Waals surface area contributed by atoms with E-state index in [9.17, 15) is 0 Å². The second-order valence-electron chi connectivity index (χ2n) is 7.13. The van der Waals surface area contributed by atoms with Crippen LogP contribution in [-0.4, -0.2) is 20.0 Å². The fourth-order valence-electron chi connectivity index (χ4n) is 3.72. The molecule has 2 heterocycles. The maximum Gasteiger partial charge on any atom is 0.226 e. The van der Waals surface area contributed by atoms with Gasteiger partial charge in [-0.3, -0.25) is 0 Å². The number of aromatic nitrogens is 4. The van der Waals surface area contributed by atoms with E-state index < -0.39 is 0 Å². The molecule has 2 aromatic heterocycles. The summed E-state index contributed by atoms with van der Waals surface area (Å²) in [7, 11) is 0. The van der Waals surface area contributed by atoms with E-state index in [1.807, 2.05) is 22.9 Å². The number of rotatable bonds is 2. The molecule has 0 saturated carbocycles. The minimum atomic E-state index is 0.278. The number of hydrogen-bond donors (Lipinski definition) is 0. The highest BCUT2D eigenvalue weighted by molar-refractivity contribution is 5.80. The van der Waals surface area contributed by atoms with E-state index in [1.165, 1.54) is 11.1 Å². The smallest absolute Gasteiger partial charge is 0.226 e. The summed E-state index contributed by atoms with van der Waals surface area (Å²) in [6.45, 7) is 4.20. The van der Waals surface area contributed by atoms with Crippen molar-refractivity contribution in [3.63, 3.8) is 0 Å². The zero-order chi connectivity index (χ0) is 17.7. The van der Waals surface area contributed by atoms with Crippen molar-refractivity contribution >= 4 is 11.0 Å². The molecule has 0 fully saturated rings. The first-order valence-electron chi connectivity index (χ1n) is 9.14. The van der Waals surface area contributed by atoms with Gasteiger partial charge in [-0.2, -0.15) is 0 Å². The van der Waals surface area contributed by atoms with Crippen LogP contribution in [0.15, 0.2) is 46.9 Å². The molecular weight excluding hydrogens is 324 g/mol. The first-order chi connectivity index (χ1) is 12.7. The molecule has 0 N–H and O–H groups in total. The molecule has 0 saturated heterocycles. The minimum Gasteiger partial charge on any atom is -0.441 e. The third kappa shape index (κ3) is 2.35. The van der Waals surface area contributed by atoms with Crippen LogP contribution in [0.3, 0.4) is 0 Å². The van der Waals surface area contributed by atoms with Gasteiger partial charge in [0.1, 0.15) is 17.0 Å². The Kier molecular flexibility index (Phi) is 3.42. The van der Waals surface area contributed by atoms with Crippen molar-refractivity contribution in [2.45, 2.75) is 39.2 Å². The van der Waals surface area contributed by atoms with Gasteiger partial charge >= 0.3 is 0 Å². The minimum absolute atomic E-state index is 0.278. The Bertz CT molecular complexity index is 1110. The Morgan fingerprint density at radius 3 is 2.85 bits per heavy atom. The Morgan fingerprint density at radius 2 is 1.96 bits per heavy atom. The van der Waals surface area contributed by atoms with Gasteiger partial charge in [0.15, 0.2) is 0 Å². The molecule has 0 amide bonds. The van der Waals surface area contributed by atoms with Gasteiger partial charge in [-0.05, 0) is 50.5 Å². The number of hydrogen-bond acceptors (Lipinski definition) is 4. The summed E-state index contributed by atoms with van der Waals surface area (Å²) in [5, 5.41) is 8.55. The van der Waals surface area contributed by atoms with E-state index >= 15 is 0 Å². The van der Waals surface area contributed by atoms with Crippen molar-refractivity contribution in [3.8, 4) is 22.7 Å². The van der Waals surface area contributed by atoms with Crippen LogP contribution >= 0.6 is 0 Å². The molecule has 0 unspecified atom stereocenters. The first kappa shape index (κ1) is 15.3. The summed E-state index contributed by atoms with van der Waals surface area (Å²) in [6.07, 6.45) is 3.07. The molecule has 1 aliphatic carbocycles. The zero-order valence-electron chi connectivity index (χ0n) is 14.9. The van der Waals surface area contributed by atoms with Crippen molar-refractivity contribution < 1.29 is 4.42 Å². The summed E-state index contributed by atoms with van der Waals surface area (Å²) < 4.78 is 8.10. The third-order valence-electron chi connectivity index (χ3n) is 5.03. The van der Waals surface area contributed by atoms with Crippen molar-refractivity contribution in [1.29, 1.82) is 0 Å². The third-order valence-corrected chi connectivity index (χ3v) is 5.03. The predicted molar refractivity (Wildman–Crippen MR) is 101 cm³/mol. The van der Waals surface area contributed by atoms with Gasteiger partial charge in [0.2, 0.25) is 5.89 Å². The number of nitrogens with zero attached hydrogens (tertiary/aromatic N) is 4. The van der Waals surface area contributed by atoms with Gasteiger partial charge in [-0.15, -0.1) is 5.10 Å². The molecule has 0 spiro atoms. The second-order valence-corrected chi connectivity index (χ2v) is 7.13. The number of fused-ring (bicyclic) bond motifs is 4. The standard InChI is InChI=1S/C21H20N4O/c1-13(2)25-18-11-10-15(12-17(18)23-24-25)21-22-20-16-8-4-3-6-14(16)7-5-9-19(20)26-21/h3-4,6,8,10-13H,5,7,9H2,1-2H3. The number of aryl methyl sites for hydroxylation is 2. The Balaban J connectivity index is 1.62. The highest BCUT2D eigenvalue weighted by atomic mass is 16.4. The SMILES string of the molecule is CC(C)n1nnc2cc(-c3nc4c(o3)CCCc3ccccc3-4)ccc21. The van der Waals surface area contributed by atoms with Crippen molar-refractivity contribution in [3.05, 3.63) is 53.8 Å². The normalized spacial score (nSPS) is 13.7. The first-order valence-corrected chi connectivity index (χ1v) is 9.14. The Labute approximate surface area is 151 Å². The monoisotopic (exact) mass is 344 g/mol. The van der Waals surface area contributed by atoms with Crippen LogP contribution in [0.1, 0.15) is 37.6 Å². The van der Waals surface area contributed by atoms with Gasteiger partial charge in [0.05, 0.1) is 5.52 Å². The van der Waals surface area contributed by atoms with E-state index in [0.29, 0.717) is 5.89 Å². The topological polar surface area (TPSA) is 56.7 Å². The lowest BCUT2D eigenvalue weighted by Gasteiger charge is -2.05. The van der Waals surface area contributed by atoms with Crippen LogP contribution in [0.5, 0.6) is 0 Å². The van der Waals surface area contributed by atoms with Gasteiger partial charge in [-0.1, -0.05) is 29.5 Å². The average molecular weight is 344 g/mol. The maximum absolute atomic E-state index is 6.17. The quantitative estimate of drug-likeness (QED) is 0.523. The van der Waals surface area contributed by atoms with Crippen LogP contribution in [0.2, 0.25) is 0 Å². The molecule has 4 aromatic rings. The lowest BCUT2D eigenvalue weighted by molar-refractivity contribution is 0.513. The lowest BCUT2D eigenvalue weighted by Crippen LogP contribution is -2.02. The van der Waals surface area contributed by atoms with E-state index in [2.05, 4.69) is 48.4 Å². The molecule has 0 atom stereocenters. The molecule has 1 aliphatic rings. The molecular formula is C21H20N4O. The lowest BCUT2D eigenvalue weighted by atomic mass is 10.0. The Morgan fingerprint density at radius 1 is 1.08 bits per heavy atom. The van der Waals surface area contributed by atoms with Crippen LogP contribution in [0, 0.1) is 0 Å². The van der Waals surface area contributed by atoms with Crippen LogP contribution < -0.4 is 0 Å². The summed E-state index contributed by atoms with van der Waals surface area (Å²) in [5.41, 5.74) is 6.37. The fraction of sp³-hybridized carbons (Fsp3) is 0.286. The summed E-state index contributed by atoms with van der Waals surface area (Å²) in [5.74, 6) is 1.64. The average Bonchev–Trinajstić information content (AvgIpc) is 3.22. The van der Waals surface area contributed by atoms with E-state index in [0.717, 1.165) is 47.3 Å². The van der Waals surface area contributed by atoms with Crippen LogP contribution in [0.4, 0.5) is 0 Å². The zero-order valence-corrected chi connectivity index (χ0v) is 14.9. The highest BCUT2D eigenvalue weighted by Gasteiger charge is 2.21. The van der Waals surface area contributed by atoms with Gasteiger partial charge in [-0.25, -0.2) is 9.67 Å². The number of oxazole rings is 1. The molecule has 0 aliphatic heterocycles. The Hall–Kier alpha value is -2.95. The molecule has 0 radical (unpaired) electrons. The summed E-state index contributed by atoms with van der Waals surface area (Å²) >= 11 is 0. The van der Waals surface area contributed by atoms with Gasteiger partial charge in [0.25, 0.3) is 0 Å². The van der Waals surface area contributed by atoms with Gasteiger partial charge in [0, 0.05) is 23.6 Å². The molecule has 5 rings (SSSR count). The predicted octanol–water partition coefficient (Wildman–Crippen LogP) is 4.82. The van der Waals surface area contributed by atoms with Crippen LogP contribution in [-0.2, 0) is 12.8 Å². The van der Waals surface area contributed by atoms with Crippen molar-refractivity contribution in [2.75, 3.05) is 0 Å². The molecule has 5 heteroatoms. The highest BCUT2D eigenvalue weighted by Crippen LogP contribution is 2.35. The number of benzene rings is 2. The summed E-state index contributed by atoms with van der Waals surface area (Å²) in [6, 6.07) is 14.9. The molecule has 2 aromatic carbocycles. The van der Waals surface area contributed by atoms with E-state index in [-0.39, 0.29) is 6.04 Å². The summed E-state index contributed by atoms with van der Waals surface area (Å²) in [4.78, 5) is 4.85. The second kappa shape index (κ2) is 5.80. The fourth-order valence-corrected chi connectivity index (χ4v) is 3.72. The van der Waals surface area contributed by atoms with Gasteiger partial charge < -0.3 is 4.42 Å². The van der Waals surface area contributed by atoms with Crippen LogP contribution in [0.25, 0.3) is 33.7 Å². The van der Waals surface area contributed by atoms with Crippen molar-refractivity contribution in [2.24, 2.45) is 0 Å². The molecule has 5 nitrogen and oxygen atoms in total.